The van der Waals surface area contributed by atoms with Gasteiger partial charge in [0.15, 0.2) is 0 Å². The maximum Gasteiger partial charge on any atom is 0.217 e. The molecule has 0 aromatic heterocycles. The topological polar surface area (TPSA) is 41.1 Å². The number of amides is 1. The van der Waals surface area contributed by atoms with E-state index in [0.717, 1.165) is 19.5 Å². The predicted molar refractivity (Wildman–Crippen MR) is 44.3 cm³/mol. The second-order valence-corrected chi connectivity index (χ2v) is 3.40. The molecule has 0 spiro atoms. The average molecular weight is 156 g/mol. The maximum absolute atomic E-state index is 10.7. The fourth-order valence-corrected chi connectivity index (χ4v) is 1.55. The molecular weight excluding hydrogens is 140 g/mol. The van der Waals surface area contributed by atoms with Crippen LogP contribution in [-0.2, 0) is 4.79 Å². The second kappa shape index (κ2) is 3.72. The normalized spacial score (nSPS) is 31.5. The molecule has 0 saturated carbocycles. The van der Waals surface area contributed by atoms with Gasteiger partial charge in [0, 0.05) is 19.5 Å². The summed E-state index contributed by atoms with van der Waals surface area (Å²) in [6, 6.07) is 0.344. The first-order valence-electron chi connectivity index (χ1n) is 4.16. The zero-order chi connectivity index (χ0) is 8.27. The third kappa shape index (κ3) is 2.89. The summed E-state index contributed by atoms with van der Waals surface area (Å²) in [6.07, 6.45) is 1.10. The molecule has 1 amide bonds. The SMILES string of the molecule is CC(=O)N[C@@H]1CNC[C@H](C)C1. The van der Waals surface area contributed by atoms with E-state index >= 15 is 0 Å². The lowest BCUT2D eigenvalue weighted by molar-refractivity contribution is -0.119. The summed E-state index contributed by atoms with van der Waals surface area (Å²) < 4.78 is 0. The third-order valence-corrected chi connectivity index (χ3v) is 1.98. The van der Waals surface area contributed by atoms with E-state index in [1.165, 1.54) is 0 Å². The maximum atomic E-state index is 10.7. The Morgan fingerprint density at radius 3 is 2.82 bits per heavy atom. The molecule has 3 heteroatoms. The van der Waals surface area contributed by atoms with Gasteiger partial charge in [0.25, 0.3) is 0 Å². The van der Waals surface area contributed by atoms with E-state index in [0.29, 0.717) is 12.0 Å². The molecule has 64 valence electrons. The van der Waals surface area contributed by atoms with Crippen LogP contribution in [0.4, 0.5) is 0 Å². The molecule has 1 fully saturated rings. The average Bonchev–Trinajstić information content (AvgIpc) is 1.85. The lowest BCUT2D eigenvalue weighted by Crippen LogP contribution is -2.47. The van der Waals surface area contributed by atoms with Crippen molar-refractivity contribution in [2.45, 2.75) is 26.3 Å². The number of piperidine rings is 1. The van der Waals surface area contributed by atoms with Crippen LogP contribution < -0.4 is 10.6 Å². The largest absolute Gasteiger partial charge is 0.352 e. The minimum Gasteiger partial charge on any atom is -0.352 e. The first-order chi connectivity index (χ1) is 5.18. The Bertz CT molecular complexity index is 147. The van der Waals surface area contributed by atoms with E-state index in [4.69, 9.17) is 0 Å². The van der Waals surface area contributed by atoms with Crippen molar-refractivity contribution >= 4 is 5.91 Å². The van der Waals surface area contributed by atoms with Gasteiger partial charge < -0.3 is 10.6 Å². The van der Waals surface area contributed by atoms with E-state index in [2.05, 4.69) is 17.6 Å². The van der Waals surface area contributed by atoms with Gasteiger partial charge >= 0.3 is 0 Å². The van der Waals surface area contributed by atoms with Gasteiger partial charge in [-0.1, -0.05) is 6.92 Å². The third-order valence-electron chi connectivity index (χ3n) is 1.98. The highest BCUT2D eigenvalue weighted by atomic mass is 16.1. The van der Waals surface area contributed by atoms with Crippen LogP contribution in [0.2, 0.25) is 0 Å². The second-order valence-electron chi connectivity index (χ2n) is 3.40. The zero-order valence-corrected chi connectivity index (χ0v) is 7.18. The number of nitrogens with one attached hydrogen (secondary N) is 2. The van der Waals surface area contributed by atoms with Gasteiger partial charge in [0.1, 0.15) is 0 Å². The van der Waals surface area contributed by atoms with Crippen LogP contribution in [0.5, 0.6) is 0 Å². The molecule has 1 rings (SSSR count). The summed E-state index contributed by atoms with van der Waals surface area (Å²) in [6.45, 7) is 5.76. The van der Waals surface area contributed by atoms with Gasteiger partial charge in [0.2, 0.25) is 5.91 Å². The molecule has 1 saturated heterocycles. The zero-order valence-electron chi connectivity index (χ0n) is 7.18. The van der Waals surface area contributed by atoms with Crippen molar-refractivity contribution in [2.24, 2.45) is 5.92 Å². The van der Waals surface area contributed by atoms with Crippen molar-refractivity contribution in [1.82, 2.24) is 10.6 Å². The Morgan fingerprint density at radius 2 is 2.27 bits per heavy atom. The molecule has 1 heterocycles. The highest BCUT2D eigenvalue weighted by Gasteiger charge is 2.18. The van der Waals surface area contributed by atoms with E-state index in [1.54, 1.807) is 6.92 Å². The molecule has 1 aliphatic heterocycles. The van der Waals surface area contributed by atoms with Crippen molar-refractivity contribution in [2.75, 3.05) is 13.1 Å². The number of carbonyl (C=O) groups is 1. The van der Waals surface area contributed by atoms with Gasteiger partial charge in [0.05, 0.1) is 0 Å². The molecule has 1 aliphatic rings. The Kier molecular flexibility index (Phi) is 2.88. The highest BCUT2D eigenvalue weighted by Crippen LogP contribution is 2.08. The van der Waals surface area contributed by atoms with E-state index in [9.17, 15) is 4.79 Å². The van der Waals surface area contributed by atoms with Gasteiger partial charge in [-0.15, -0.1) is 0 Å². The minimum atomic E-state index is 0.0749. The van der Waals surface area contributed by atoms with Crippen molar-refractivity contribution in [1.29, 1.82) is 0 Å². The number of hydrogen-bond donors (Lipinski definition) is 2. The van der Waals surface area contributed by atoms with Gasteiger partial charge in [-0.25, -0.2) is 0 Å². The molecule has 0 radical (unpaired) electrons. The lowest BCUT2D eigenvalue weighted by atomic mass is 9.98. The summed E-state index contributed by atoms with van der Waals surface area (Å²) >= 11 is 0. The van der Waals surface area contributed by atoms with Crippen LogP contribution in [0.25, 0.3) is 0 Å². The van der Waals surface area contributed by atoms with Gasteiger partial charge in [-0.05, 0) is 18.9 Å². The van der Waals surface area contributed by atoms with Crippen LogP contribution in [0.3, 0.4) is 0 Å². The van der Waals surface area contributed by atoms with Crippen LogP contribution in [0.1, 0.15) is 20.3 Å². The summed E-state index contributed by atoms with van der Waals surface area (Å²) in [4.78, 5) is 10.7. The van der Waals surface area contributed by atoms with Crippen LogP contribution >= 0.6 is 0 Å². The predicted octanol–water partition coefficient (Wildman–Crippen LogP) is 0.120. The number of hydrogen-bond acceptors (Lipinski definition) is 2. The van der Waals surface area contributed by atoms with Crippen LogP contribution in [0, 0.1) is 5.92 Å². The Labute approximate surface area is 67.5 Å². The van der Waals surface area contributed by atoms with Crippen molar-refractivity contribution in [3.63, 3.8) is 0 Å². The first-order valence-corrected chi connectivity index (χ1v) is 4.16. The molecule has 0 aliphatic carbocycles. The lowest BCUT2D eigenvalue weighted by Gasteiger charge is -2.27. The highest BCUT2D eigenvalue weighted by molar-refractivity contribution is 5.73. The summed E-state index contributed by atoms with van der Waals surface area (Å²) in [5.74, 6) is 0.756. The molecule has 0 unspecified atom stereocenters. The monoisotopic (exact) mass is 156 g/mol. The quantitative estimate of drug-likeness (QED) is 0.566. The molecule has 3 nitrogen and oxygen atoms in total. The molecular formula is C8H16N2O. The fraction of sp³-hybridized carbons (Fsp3) is 0.875. The molecule has 2 N–H and O–H groups in total. The minimum absolute atomic E-state index is 0.0749. The molecule has 2 atom stereocenters. The van der Waals surface area contributed by atoms with Crippen molar-refractivity contribution in [3.8, 4) is 0 Å². The molecule has 0 aromatic rings. The van der Waals surface area contributed by atoms with Crippen LogP contribution in [-0.4, -0.2) is 25.0 Å². The number of rotatable bonds is 1. The summed E-state index contributed by atoms with van der Waals surface area (Å²) in [7, 11) is 0. The molecule has 11 heavy (non-hydrogen) atoms. The van der Waals surface area contributed by atoms with Crippen LogP contribution in [0.15, 0.2) is 0 Å². The Balaban J connectivity index is 2.28. The summed E-state index contributed by atoms with van der Waals surface area (Å²) in [5.41, 5.74) is 0. The first kappa shape index (κ1) is 8.53. The Morgan fingerprint density at radius 1 is 1.55 bits per heavy atom. The van der Waals surface area contributed by atoms with E-state index < -0.39 is 0 Å². The van der Waals surface area contributed by atoms with Crippen molar-refractivity contribution < 1.29 is 4.79 Å². The molecule has 0 bridgehead atoms. The number of carbonyl (C=O) groups excluding carboxylic acids is 1. The standard InChI is InChI=1S/C8H16N2O/c1-6-3-8(5-9-4-6)10-7(2)11/h6,8-9H,3-5H2,1-2H3,(H,10,11)/t6-,8+/m1/s1. The van der Waals surface area contributed by atoms with Gasteiger partial charge in [-0.2, -0.15) is 0 Å². The van der Waals surface area contributed by atoms with E-state index in [-0.39, 0.29) is 5.91 Å². The van der Waals surface area contributed by atoms with E-state index in [1.807, 2.05) is 0 Å². The Hall–Kier alpha value is -0.570. The van der Waals surface area contributed by atoms with Crippen molar-refractivity contribution in [3.05, 3.63) is 0 Å². The fourth-order valence-electron chi connectivity index (χ4n) is 1.55. The molecule has 0 aromatic carbocycles. The smallest absolute Gasteiger partial charge is 0.217 e. The van der Waals surface area contributed by atoms with Gasteiger partial charge in [-0.3, -0.25) is 4.79 Å². The summed E-state index contributed by atoms with van der Waals surface area (Å²) in [5, 5.41) is 6.19.